The fraction of sp³-hybridized carbons (Fsp3) is 0.556. The predicted octanol–water partition coefficient (Wildman–Crippen LogP) is 1.25. The first kappa shape index (κ1) is 18.8. The van der Waals surface area contributed by atoms with Gasteiger partial charge in [0.25, 0.3) is 5.91 Å². The first-order chi connectivity index (χ1) is 12.5. The summed E-state index contributed by atoms with van der Waals surface area (Å²) in [6.45, 7) is 0.803. The molecule has 1 aromatic carbocycles. The van der Waals surface area contributed by atoms with Gasteiger partial charge < -0.3 is 9.64 Å². The van der Waals surface area contributed by atoms with Gasteiger partial charge in [-0.15, -0.1) is 0 Å². The Bertz CT molecular complexity index is 736. The van der Waals surface area contributed by atoms with E-state index in [1.165, 1.54) is 4.31 Å². The minimum atomic E-state index is -3.54. The lowest BCUT2D eigenvalue weighted by molar-refractivity contribution is -0.155. The molecular formula is C18H24N2O5S. The number of ether oxygens (including phenoxy) is 1. The third kappa shape index (κ3) is 4.24. The quantitative estimate of drug-likeness (QED) is 0.718. The maximum absolute atomic E-state index is 12.6. The number of amides is 1. The molecule has 1 saturated heterocycles. The van der Waals surface area contributed by atoms with Gasteiger partial charge >= 0.3 is 5.97 Å². The molecule has 0 aromatic heterocycles. The zero-order valence-corrected chi connectivity index (χ0v) is 15.5. The second kappa shape index (κ2) is 8.18. The van der Waals surface area contributed by atoms with E-state index < -0.39 is 10.0 Å². The highest BCUT2D eigenvalue weighted by molar-refractivity contribution is 7.89. The van der Waals surface area contributed by atoms with Crippen molar-refractivity contribution in [2.45, 2.75) is 30.6 Å². The van der Waals surface area contributed by atoms with Crippen molar-refractivity contribution >= 4 is 21.9 Å². The fourth-order valence-corrected chi connectivity index (χ4v) is 4.87. The number of carbonyl (C=O) groups excluding carboxylic acids is 2. The minimum absolute atomic E-state index is 0.0735. The summed E-state index contributed by atoms with van der Waals surface area (Å²) in [7, 11) is -3.54. The number of benzene rings is 1. The topological polar surface area (TPSA) is 84.0 Å². The molecule has 0 bridgehead atoms. The number of rotatable bonds is 5. The van der Waals surface area contributed by atoms with Gasteiger partial charge in [-0.05, 0) is 25.0 Å². The van der Waals surface area contributed by atoms with E-state index in [2.05, 4.69) is 0 Å². The van der Waals surface area contributed by atoms with Gasteiger partial charge in [0.15, 0.2) is 6.61 Å². The molecule has 26 heavy (non-hydrogen) atoms. The van der Waals surface area contributed by atoms with E-state index >= 15 is 0 Å². The minimum Gasteiger partial charge on any atom is -0.455 e. The van der Waals surface area contributed by atoms with Crippen molar-refractivity contribution < 1.29 is 22.7 Å². The number of piperazine rings is 1. The molecule has 7 nitrogen and oxygen atoms in total. The molecule has 1 saturated carbocycles. The highest BCUT2D eigenvalue weighted by Gasteiger charge is 2.31. The number of hydrogen-bond donors (Lipinski definition) is 0. The van der Waals surface area contributed by atoms with Crippen LogP contribution in [0, 0.1) is 5.92 Å². The summed E-state index contributed by atoms with van der Waals surface area (Å²) >= 11 is 0. The second-order valence-corrected chi connectivity index (χ2v) is 8.62. The Morgan fingerprint density at radius 3 is 2.23 bits per heavy atom. The summed E-state index contributed by atoms with van der Waals surface area (Å²) in [5.74, 6) is -0.634. The van der Waals surface area contributed by atoms with Crippen LogP contribution >= 0.6 is 0 Å². The third-order valence-electron chi connectivity index (χ3n) is 5.00. The summed E-state index contributed by atoms with van der Waals surface area (Å²) in [6, 6.07) is 8.27. The number of carbonyl (C=O) groups is 2. The maximum Gasteiger partial charge on any atom is 0.309 e. The lowest BCUT2D eigenvalue weighted by Gasteiger charge is -2.33. The molecule has 8 heteroatoms. The van der Waals surface area contributed by atoms with E-state index in [0.717, 1.165) is 25.7 Å². The van der Waals surface area contributed by atoms with Crippen LogP contribution in [-0.4, -0.2) is 62.3 Å². The smallest absolute Gasteiger partial charge is 0.309 e. The summed E-state index contributed by atoms with van der Waals surface area (Å²) in [5.41, 5.74) is 0. The number of nitrogens with zero attached hydrogens (tertiary/aromatic N) is 2. The maximum atomic E-state index is 12.6. The highest BCUT2D eigenvalue weighted by Crippen LogP contribution is 2.25. The van der Waals surface area contributed by atoms with Crippen molar-refractivity contribution in [3.05, 3.63) is 30.3 Å². The molecule has 142 valence electrons. The molecule has 0 N–H and O–H groups in total. The van der Waals surface area contributed by atoms with Crippen LogP contribution in [0.5, 0.6) is 0 Å². The number of hydrogen-bond acceptors (Lipinski definition) is 5. The van der Waals surface area contributed by atoms with Crippen LogP contribution in [0.3, 0.4) is 0 Å². The summed E-state index contributed by atoms with van der Waals surface area (Å²) in [4.78, 5) is 25.9. The predicted molar refractivity (Wildman–Crippen MR) is 94.7 cm³/mol. The third-order valence-corrected chi connectivity index (χ3v) is 6.91. The monoisotopic (exact) mass is 380 g/mol. The van der Waals surface area contributed by atoms with Gasteiger partial charge in [-0.25, -0.2) is 8.42 Å². The average Bonchev–Trinajstić information content (AvgIpc) is 3.21. The van der Waals surface area contributed by atoms with Gasteiger partial charge in [0.05, 0.1) is 10.8 Å². The standard InChI is InChI=1S/C18H24N2O5S/c21-17(14-25-18(22)15-6-4-5-7-15)19-10-12-20(13-11-19)26(23,24)16-8-2-1-3-9-16/h1-3,8-9,15H,4-7,10-14H2. The normalized spacial score (nSPS) is 19.5. The van der Waals surface area contributed by atoms with Crippen LogP contribution in [0.1, 0.15) is 25.7 Å². The van der Waals surface area contributed by atoms with Gasteiger partial charge in [0.2, 0.25) is 10.0 Å². The molecule has 1 aliphatic carbocycles. The summed E-state index contributed by atoms with van der Waals surface area (Å²) < 4.78 is 31.7. The lowest BCUT2D eigenvalue weighted by atomic mass is 10.1. The van der Waals surface area contributed by atoms with Crippen LogP contribution in [0.15, 0.2) is 35.2 Å². The Morgan fingerprint density at radius 2 is 1.62 bits per heavy atom. The van der Waals surface area contributed by atoms with Crippen molar-refractivity contribution in [3.8, 4) is 0 Å². The van der Waals surface area contributed by atoms with Gasteiger partial charge in [0, 0.05) is 26.2 Å². The lowest BCUT2D eigenvalue weighted by Crippen LogP contribution is -2.51. The van der Waals surface area contributed by atoms with Crippen LogP contribution in [0.4, 0.5) is 0 Å². The summed E-state index contributed by atoms with van der Waals surface area (Å²) in [6.07, 6.45) is 3.74. The van der Waals surface area contributed by atoms with Crippen LogP contribution < -0.4 is 0 Å². The molecule has 1 amide bonds. The number of sulfonamides is 1. The SMILES string of the molecule is O=C(OCC(=O)N1CCN(S(=O)(=O)c2ccccc2)CC1)C1CCCC1. The average molecular weight is 380 g/mol. The van der Waals surface area contributed by atoms with Crippen LogP contribution in [-0.2, 0) is 24.3 Å². The molecule has 0 spiro atoms. The molecule has 2 aliphatic rings. The van der Waals surface area contributed by atoms with Gasteiger partial charge in [-0.1, -0.05) is 31.0 Å². The number of esters is 1. The highest BCUT2D eigenvalue weighted by atomic mass is 32.2. The molecular weight excluding hydrogens is 356 g/mol. The molecule has 2 fully saturated rings. The first-order valence-corrected chi connectivity index (χ1v) is 10.4. The molecule has 0 atom stereocenters. The van der Waals surface area contributed by atoms with Crippen molar-refractivity contribution in [3.63, 3.8) is 0 Å². The van der Waals surface area contributed by atoms with E-state index in [-0.39, 0.29) is 42.4 Å². The Morgan fingerprint density at radius 1 is 1.00 bits per heavy atom. The van der Waals surface area contributed by atoms with Crippen molar-refractivity contribution in [2.24, 2.45) is 5.92 Å². The van der Waals surface area contributed by atoms with E-state index in [9.17, 15) is 18.0 Å². The van der Waals surface area contributed by atoms with Gasteiger partial charge in [-0.3, -0.25) is 9.59 Å². The zero-order chi connectivity index (χ0) is 18.6. The van der Waals surface area contributed by atoms with Crippen molar-refractivity contribution in [1.82, 2.24) is 9.21 Å². The zero-order valence-electron chi connectivity index (χ0n) is 14.7. The fourth-order valence-electron chi connectivity index (χ4n) is 3.42. The molecule has 0 radical (unpaired) electrons. The Balaban J connectivity index is 1.48. The van der Waals surface area contributed by atoms with E-state index in [1.807, 2.05) is 0 Å². The Labute approximate surface area is 154 Å². The van der Waals surface area contributed by atoms with E-state index in [1.54, 1.807) is 35.2 Å². The van der Waals surface area contributed by atoms with Crippen LogP contribution in [0.25, 0.3) is 0 Å². The second-order valence-electron chi connectivity index (χ2n) is 6.69. The molecule has 1 aliphatic heterocycles. The molecule has 1 heterocycles. The molecule has 0 unspecified atom stereocenters. The largest absolute Gasteiger partial charge is 0.455 e. The summed E-state index contributed by atoms with van der Waals surface area (Å²) in [5, 5.41) is 0. The van der Waals surface area contributed by atoms with Crippen molar-refractivity contribution in [2.75, 3.05) is 32.8 Å². The van der Waals surface area contributed by atoms with Gasteiger partial charge in [0.1, 0.15) is 0 Å². The van der Waals surface area contributed by atoms with Crippen molar-refractivity contribution in [1.29, 1.82) is 0 Å². The first-order valence-electron chi connectivity index (χ1n) is 8.98. The Kier molecular flexibility index (Phi) is 5.93. The van der Waals surface area contributed by atoms with E-state index in [0.29, 0.717) is 13.1 Å². The Hall–Kier alpha value is -1.93. The molecule has 1 aromatic rings. The van der Waals surface area contributed by atoms with Crippen LogP contribution in [0.2, 0.25) is 0 Å². The van der Waals surface area contributed by atoms with Gasteiger partial charge in [-0.2, -0.15) is 4.31 Å². The molecule has 3 rings (SSSR count). The van der Waals surface area contributed by atoms with E-state index in [4.69, 9.17) is 4.74 Å².